The van der Waals surface area contributed by atoms with E-state index in [9.17, 15) is 4.79 Å². The third kappa shape index (κ3) is 2.21. The van der Waals surface area contributed by atoms with E-state index in [0.29, 0.717) is 5.56 Å². The molecule has 16 heavy (non-hydrogen) atoms. The second-order valence-electron chi connectivity index (χ2n) is 4.01. The van der Waals surface area contributed by atoms with Gasteiger partial charge in [0.1, 0.15) is 0 Å². The average Bonchev–Trinajstić information content (AvgIpc) is 2.30. The highest BCUT2D eigenvalue weighted by Crippen LogP contribution is 2.15. The number of carbonyl (C=O) groups excluding carboxylic acids is 1. The van der Waals surface area contributed by atoms with Crippen LogP contribution in [0.1, 0.15) is 23.2 Å². The molecule has 0 spiro atoms. The van der Waals surface area contributed by atoms with E-state index in [2.05, 4.69) is 6.58 Å². The number of nitrogens with zero attached hydrogens (tertiary/aromatic N) is 2. The minimum atomic E-state index is 0.0214. The summed E-state index contributed by atoms with van der Waals surface area (Å²) in [7, 11) is 0. The van der Waals surface area contributed by atoms with Crippen LogP contribution in [0.25, 0.3) is 0 Å². The number of amides is 1. The van der Waals surface area contributed by atoms with Gasteiger partial charge in [-0.15, -0.1) is 0 Å². The Morgan fingerprint density at radius 1 is 1.31 bits per heavy atom. The van der Waals surface area contributed by atoms with Crippen molar-refractivity contribution in [3.8, 4) is 0 Å². The summed E-state index contributed by atoms with van der Waals surface area (Å²) < 4.78 is 0.925. The van der Waals surface area contributed by atoms with Gasteiger partial charge >= 0.3 is 0 Å². The summed E-state index contributed by atoms with van der Waals surface area (Å²) in [5, 5.41) is 9.06. The van der Waals surface area contributed by atoms with Crippen LogP contribution in [0.2, 0.25) is 0 Å². The number of pyridine rings is 1. The number of carbonyl (C=O) groups is 1. The van der Waals surface area contributed by atoms with Gasteiger partial charge in [-0.2, -0.15) is 0 Å². The fourth-order valence-electron chi connectivity index (χ4n) is 1.77. The second kappa shape index (κ2) is 4.35. The van der Waals surface area contributed by atoms with E-state index in [-0.39, 0.29) is 5.91 Å². The van der Waals surface area contributed by atoms with E-state index in [1.165, 1.54) is 18.0 Å². The van der Waals surface area contributed by atoms with Crippen molar-refractivity contribution in [2.45, 2.75) is 12.8 Å². The van der Waals surface area contributed by atoms with E-state index < -0.39 is 0 Å². The van der Waals surface area contributed by atoms with Crippen LogP contribution < -0.4 is 4.73 Å². The Balaban J connectivity index is 2.07. The first kappa shape index (κ1) is 10.7. The lowest BCUT2D eigenvalue weighted by molar-refractivity contribution is -0.904. The Bertz CT molecular complexity index is 402. The predicted octanol–water partition coefficient (Wildman–Crippen LogP) is 1.00. The number of likely N-dealkylation sites (tertiary alicyclic amines) is 1. The lowest BCUT2D eigenvalue weighted by Crippen LogP contribution is -2.37. The fraction of sp³-hybridized carbons (Fsp3) is 0.333. The smallest absolute Gasteiger partial charge is 0.254 e. The molecular formula is C12H15N2O2+. The van der Waals surface area contributed by atoms with Gasteiger partial charge in [0.25, 0.3) is 5.91 Å². The zero-order chi connectivity index (χ0) is 11.5. The third-order valence-electron chi connectivity index (χ3n) is 2.82. The Labute approximate surface area is 94.4 Å². The van der Waals surface area contributed by atoms with Crippen LogP contribution in [-0.4, -0.2) is 29.1 Å². The summed E-state index contributed by atoms with van der Waals surface area (Å²) in [4.78, 5) is 13.8. The summed E-state index contributed by atoms with van der Waals surface area (Å²) in [6, 6.07) is 3.23. The first-order valence-electron chi connectivity index (χ1n) is 5.33. The topological polar surface area (TPSA) is 44.4 Å². The highest BCUT2D eigenvalue weighted by atomic mass is 16.5. The molecule has 1 aromatic heterocycles. The highest BCUT2D eigenvalue weighted by molar-refractivity contribution is 5.94. The van der Waals surface area contributed by atoms with Gasteiger partial charge < -0.3 is 4.90 Å². The lowest BCUT2D eigenvalue weighted by atomic mass is 10.1. The van der Waals surface area contributed by atoms with E-state index in [1.54, 1.807) is 12.1 Å². The van der Waals surface area contributed by atoms with Gasteiger partial charge in [-0.05, 0) is 12.8 Å². The lowest BCUT2D eigenvalue weighted by Gasteiger charge is -2.27. The number of aromatic nitrogens is 1. The van der Waals surface area contributed by atoms with Crippen LogP contribution in [0.3, 0.4) is 0 Å². The standard InChI is InChI=1S/C12H15N2O2/c1-10-2-6-13(7-3-10)12(15)11-4-8-14(16)9-5-11/h4-5,8-9,16H,1-3,6-7H2/q+1. The maximum absolute atomic E-state index is 12.0. The molecule has 1 aliphatic rings. The van der Waals surface area contributed by atoms with E-state index in [0.717, 1.165) is 30.7 Å². The molecule has 0 atom stereocenters. The average molecular weight is 219 g/mol. The Morgan fingerprint density at radius 2 is 1.88 bits per heavy atom. The Hall–Kier alpha value is -1.84. The number of hydrogen-bond acceptors (Lipinski definition) is 2. The molecule has 0 bridgehead atoms. The van der Waals surface area contributed by atoms with Crippen molar-refractivity contribution < 1.29 is 14.7 Å². The fourth-order valence-corrected chi connectivity index (χ4v) is 1.77. The molecule has 0 aliphatic carbocycles. The van der Waals surface area contributed by atoms with Crippen molar-refractivity contribution in [1.29, 1.82) is 0 Å². The first-order chi connectivity index (χ1) is 7.66. The monoisotopic (exact) mass is 219 g/mol. The molecule has 0 unspecified atom stereocenters. The zero-order valence-corrected chi connectivity index (χ0v) is 9.09. The Kier molecular flexibility index (Phi) is 2.90. The molecule has 0 radical (unpaired) electrons. The van der Waals surface area contributed by atoms with Crippen LogP contribution in [0.15, 0.2) is 36.7 Å². The van der Waals surface area contributed by atoms with Gasteiger partial charge in [0.05, 0.1) is 5.56 Å². The largest absolute Gasteiger partial charge is 0.338 e. The van der Waals surface area contributed by atoms with Gasteiger partial charge in [0, 0.05) is 30.0 Å². The first-order valence-corrected chi connectivity index (χ1v) is 5.33. The molecule has 2 heterocycles. The molecule has 0 saturated carbocycles. The van der Waals surface area contributed by atoms with Crippen molar-refractivity contribution in [3.05, 3.63) is 42.2 Å². The molecule has 0 aromatic carbocycles. The summed E-state index contributed by atoms with van der Waals surface area (Å²) in [6.45, 7) is 5.40. The van der Waals surface area contributed by atoms with E-state index in [1.807, 2.05) is 4.90 Å². The molecule has 1 N–H and O–H groups in total. The molecule has 1 fully saturated rings. The maximum atomic E-state index is 12.0. The van der Waals surface area contributed by atoms with Crippen LogP contribution in [-0.2, 0) is 0 Å². The molecule has 4 heteroatoms. The molecule has 1 amide bonds. The van der Waals surface area contributed by atoms with Gasteiger partial charge in [-0.25, -0.2) is 0 Å². The van der Waals surface area contributed by atoms with Gasteiger partial charge in [0.2, 0.25) is 12.4 Å². The summed E-state index contributed by atoms with van der Waals surface area (Å²) in [5.41, 5.74) is 1.82. The number of hydrogen-bond donors (Lipinski definition) is 1. The highest BCUT2D eigenvalue weighted by Gasteiger charge is 2.20. The number of rotatable bonds is 1. The summed E-state index contributed by atoms with van der Waals surface area (Å²) in [5.74, 6) is 0.0214. The molecular weight excluding hydrogens is 204 g/mol. The van der Waals surface area contributed by atoms with Crippen LogP contribution in [0.4, 0.5) is 0 Å². The van der Waals surface area contributed by atoms with Gasteiger partial charge in [-0.1, -0.05) is 12.2 Å². The molecule has 4 nitrogen and oxygen atoms in total. The predicted molar refractivity (Wildman–Crippen MR) is 58.1 cm³/mol. The van der Waals surface area contributed by atoms with Crippen molar-refractivity contribution >= 4 is 5.91 Å². The minimum Gasteiger partial charge on any atom is -0.338 e. The van der Waals surface area contributed by atoms with Crippen molar-refractivity contribution in [2.24, 2.45) is 0 Å². The van der Waals surface area contributed by atoms with Crippen LogP contribution in [0.5, 0.6) is 0 Å². The normalized spacial score (nSPS) is 16.2. The van der Waals surface area contributed by atoms with Crippen molar-refractivity contribution in [3.63, 3.8) is 0 Å². The van der Waals surface area contributed by atoms with Gasteiger partial charge in [-0.3, -0.25) is 10.0 Å². The maximum Gasteiger partial charge on any atom is 0.254 e. The molecule has 84 valence electrons. The second-order valence-corrected chi connectivity index (χ2v) is 4.01. The summed E-state index contributed by atoms with van der Waals surface area (Å²) in [6.07, 6.45) is 4.68. The zero-order valence-electron chi connectivity index (χ0n) is 9.09. The van der Waals surface area contributed by atoms with Crippen molar-refractivity contribution in [1.82, 2.24) is 4.90 Å². The van der Waals surface area contributed by atoms with E-state index >= 15 is 0 Å². The Morgan fingerprint density at radius 3 is 2.44 bits per heavy atom. The molecule has 2 rings (SSSR count). The molecule has 1 aliphatic heterocycles. The van der Waals surface area contributed by atoms with Crippen LogP contribution in [0, 0.1) is 0 Å². The SMILES string of the molecule is C=C1CCN(C(=O)c2cc[n+](O)cc2)CC1. The molecule has 1 saturated heterocycles. The van der Waals surface area contributed by atoms with Crippen molar-refractivity contribution in [2.75, 3.05) is 13.1 Å². The number of piperidine rings is 1. The van der Waals surface area contributed by atoms with E-state index in [4.69, 9.17) is 5.21 Å². The quantitative estimate of drug-likeness (QED) is 0.435. The summed E-state index contributed by atoms with van der Waals surface area (Å²) >= 11 is 0. The third-order valence-corrected chi connectivity index (χ3v) is 2.82. The molecule has 1 aromatic rings. The van der Waals surface area contributed by atoms with Gasteiger partial charge in [0.15, 0.2) is 0 Å². The van der Waals surface area contributed by atoms with Crippen LogP contribution >= 0.6 is 0 Å². The minimum absolute atomic E-state index is 0.0214.